The largest absolute Gasteiger partial charge is 0.379 e. The van der Waals surface area contributed by atoms with Gasteiger partial charge in [-0.25, -0.2) is 4.68 Å². The third-order valence-electron chi connectivity index (χ3n) is 3.47. The topological polar surface area (TPSA) is 54.1 Å². The second-order valence-electron chi connectivity index (χ2n) is 4.73. The van der Waals surface area contributed by atoms with Crippen LogP contribution < -0.4 is 0 Å². The number of nitriles is 1. The molecule has 5 heteroatoms. The molecule has 1 saturated heterocycles. The normalized spacial score (nSPS) is 17.6. The first-order valence-corrected chi connectivity index (χ1v) is 6.70. The smallest absolute Gasteiger partial charge is 0.127 e. The van der Waals surface area contributed by atoms with Crippen molar-refractivity contribution >= 4 is 0 Å². The van der Waals surface area contributed by atoms with E-state index in [4.69, 9.17) is 4.74 Å². The Kier molecular flexibility index (Phi) is 3.77. The van der Waals surface area contributed by atoms with E-state index >= 15 is 0 Å². The molecule has 2 heterocycles. The molecule has 1 unspecified atom stereocenters. The number of hydrogen-bond donors (Lipinski definition) is 0. The quantitative estimate of drug-likeness (QED) is 0.851. The number of ether oxygens (including phenoxy) is 1. The van der Waals surface area contributed by atoms with Gasteiger partial charge in [-0.2, -0.15) is 10.4 Å². The number of para-hydroxylation sites is 1. The van der Waals surface area contributed by atoms with Gasteiger partial charge in [-0.15, -0.1) is 0 Å². The Morgan fingerprint density at radius 3 is 2.65 bits per heavy atom. The second-order valence-corrected chi connectivity index (χ2v) is 4.73. The molecule has 20 heavy (non-hydrogen) atoms. The van der Waals surface area contributed by atoms with Crippen molar-refractivity contribution in [3.8, 4) is 11.8 Å². The Bertz CT molecular complexity index is 596. The SMILES string of the molecule is N#CC(c1cnn(-c2ccccc2)c1)N1CCOCC1. The molecule has 1 aromatic heterocycles. The van der Waals surface area contributed by atoms with Gasteiger partial charge in [0.1, 0.15) is 6.04 Å². The molecule has 102 valence electrons. The summed E-state index contributed by atoms with van der Waals surface area (Å²) in [6, 6.07) is 12.0. The summed E-state index contributed by atoms with van der Waals surface area (Å²) in [5.41, 5.74) is 1.93. The van der Waals surface area contributed by atoms with E-state index in [0.717, 1.165) is 24.3 Å². The summed E-state index contributed by atoms with van der Waals surface area (Å²) in [4.78, 5) is 2.13. The zero-order chi connectivity index (χ0) is 13.8. The van der Waals surface area contributed by atoms with Crippen LogP contribution in [0.25, 0.3) is 5.69 Å². The van der Waals surface area contributed by atoms with Gasteiger partial charge in [-0.1, -0.05) is 18.2 Å². The van der Waals surface area contributed by atoms with Crippen molar-refractivity contribution in [2.75, 3.05) is 26.3 Å². The van der Waals surface area contributed by atoms with E-state index in [1.165, 1.54) is 0 Å². The average Bonchev–Trinajstić information content (AvgIpc) is 3.00. The van der Waals surface area contributed by atoms with E-state index in [2.05, 4.69) is 16.1 Å². The van der Waals surface area contributed by atoms with Crippen molar-refractivity contribution in [2.24, 2.45) is 0 Å². The van der Waals surface area contributed by atoms with Gasteiger partial charge in [0, 0.05) is 24.8 Å². The molecule has 1 aliphatic rings. The predicted octanol–water partition coefficient (Wildman–Crippen LogP) is 1.77. The summed E-state index contributed by atoms with van der Waals surface area (Å²) in [5, 5.41) is 13.8. The third-order valence-corrected chi connectivity index (χ3v) is 3.47. The Labute approximate surface area is 118 Å². The summed E-state index contributed by atoms with van der Waals surface area (Å²) in [5.74, 6) is 0. The molecule has 0 bridgehead atoms. The highest BCUT2D eigenvalue weighted by Crippen LogP contribution is 2.21. The molecule has 1 fully saturated rings. The van der Waals surface area contributed by atoms with Gasteiger partial charge in [-0.3, -0.25) is 4.90 Å². The van der Waals surface area contributed by atoms with Crippen LogP contribution in [0.4, 0.5) is 0 Å². The Balaban J connectivity index is 1.83. The number of benzene rings is 1. The molecule has 2 aromatic rings. The summed E-state index contributed by atoms with van der Waals surface area (Å²) >= 11 is 0. The molecule has 5 nitrogen and oxygen atoms in total. The van der Waals surface area contributed by atoms with Gasteiger partial charge < -0.3 is 4.74 Å². The maximum absolute atomic E-state index is 9.44. The first-order chi connectivity index (χ1) is 9.88. The van der Waals surface area contributed by atoms with Gasteiger partial charge in [0.25, 0.3) is 0 Å². The van der Waals surface area contributed by atoms with Crippen LogP contribution in [-0.4, -0.2) is 41.0 Å². The fraction of sp³-hybridized carbons (Fsp3) is 0.333. The molecule has 0 saturated carbocycles. The van der Waals surface area contributed by atoms with E-state index in [-0.39, 0.29) is 6.04 Å². The molecule has 1 aliphatic heterocycles. The molecule has 1 aromatic carbocycles. The third kappa shape index (κ3) is 2.57. The van der Waals surface area contributed by atoms with Crippen molar-refractivity contribution in [1.82, 2.24) is 14.7 Å². The lowest BCUT2D eigenvalue weighted by Gasteiger charge is -2.29. The predicted molar refractivity (Wildman–Crippen MR) is 74.3 cm³/mol. The van der Waals surface area contributed by atoms with Crippen LogP contribution in [0.3, 0.4) is 0 Å². The number of nitrogens with zero attached hydrogens (tertiary/aromatic N) is 4. The molecular formula is C15H16N4O. The minimum absolute atomic E-state index is 0.253. The fourth-order valence-electron chi connectivity index (χ4n) is 2.40. The van der Waals surface area contributed by atoms with Crippen LogP contribution in [0.1, 0.15) is 11.6 Å². The van der Waals surface area contributed by atoms with Crippen molar-refractivity contribution in [3.63, 3.8) is 0 Å². The zero-order valence-electron chi connectivity index (χ0n) is 11.1. The standard InChI is InChI=1S/C15H16N4O/c16-10-15(18-6-8-20-9-7-18)13-11-17-19(12-13)14-4-2-1-3-5-14/h1-5,11-12,15H,6-9H2. The van der Waals surface area contributed by atoms with Crippen LogP contribution >= 0.6 is 0 Å². The number of morpholine rings is 1. The van der Waals surface area contributed by atoms with E-state index in [9.17, 15) is 5.26 Å². The van der Waals surface area contributed by atoms with E-state index < -0.39 is 0 Å². The highest BCUT2D eigenvalue weighted by Gasteiger charge is 2.23. The zero-order valence-corrected chi connectivity index (χ0v) is 11.1. The summed E-state index contributed by atoms with van der Waals surface area (Å²) in [7, 11) is 0. The van der Waals surface area contributed by atoms with Gasteiger partial charge >= 0.3 is 0 Å². The first kappa shape index (κ1) is 12.9. The van der Waals surface area contributed by atoms with Crippen molar-refractivity contribution in [1.29, 1.82) is 5.26 Å². The lowest BCUT2D eigenvalue weighted by molar-refractivity contribution is 0.0266. The molecule has 0 N–H and O–H groups in total. The number of rotatable bonds is 3. The molecule has 3 rings (SSSR count). The number of hydrogen-bond acceptors (Lipinski definition) is 4. The van der Waals surface area contributed by atoms with Gasteiger partial charge in [-0.05, 0) is 12.1 Å². The van der Waals surface area contributed by atoms with Crippen LogP contribution in [-0.2, 0) is 4.74 Å². The minimum Gasteiger partial charge on any atom is -0.379 e. The Hall–Kier alpha value is -2.16. The van der Waals surface area contributed by atoms with Crippen molar-refractivity contribution < 1.29 is 4.74 Å². The van der Waals surface area contributed by atoms with Crippen LogP contribution in [0.5, 0.6) is 0 Å². The highest BCUT2D eigenvalue weighted by molar-refractivity contribution is 5.32. The highest BCUT2D eigenvalue weighted by atomic mass is 16.5. The fourth-order valence-corrected chi connectivity index (χ4v) is 2.40. The lowest BCUT2D eigenvalue weighted by Crippen LogP contribution is -2.38. The maximum atomic E-state index is 9.44. The van der Waals surface area contributed by atoms with Gasteiger partial charge in [0.15, 0.2) is 0 Å². The molecule has 0 spiro atoms. The average molecular weight is 268 g/mol. The van der Waals surface area contributed by atoms with E-state index in [1.54, 1.807) is 10.9 Å². The summed E-state index contributed by atoms with van der Waals surface area (Å²) < 4.78 is 7.14. The van der Waals surface area contributed by atoms with Gasteiger partial charge in [0.2, 0.25) is 0 Å². The summed E-state index contributed by atoms with van der Waals surface area (Å²) in [6.45, 7) is 2.94. The first-order valence-electron chi connectivity index (χ1n) is 6.70. The van der Waals surface area contributed by atoms with Crippen molar-refractivity contribution in [2.45, 2.75) is 6.04 Å². The Morgan fingerprint density at radius 1 is 1.20 bits per heavy atom. The monoisotopic (exact) mass is 268 g/mol. The lowest BCUT2D eigenvalue weighted by atomic mass is 10.1. The molecule has 0 radical (unpaired) electrons. The maximum Gasteiger partial charge on any atom is 0.127 e. The molecular weight excluding hydrogens is 252 g/mol. The summed E-state index contributed by atoms with van der Waals surface area (Å²) in [6.07, 6.45) is 3.70. The molecule has 0 aliphatic carbocycles. The van der Waals surface area contributed by atoms with Crippen LogP contribution in [0, 0.1) is 11.3 Å². The number of aromatic nitrogens is 2. The van der Waals surface area contributed by atoms with E-state index in [0.29, 0.717) is 13.2 Å². The van der Waals surface area contributed by atoms with E-state index in [1.807, 2.05) is 36.5 Å². The van der Waals surface area contributed by atoms with Crippen LogP contribution in [0.2, 0.25) is 0 Å². The minimum atomic E-state index is -0.253. The molecule has 0 amide bonds. The molecule has 1 atom stereocenters. The Morgan fingerprint density at radius 2 is 1.95 bits per heavy atom. The second kappa shape index (κ2) is 5.87. The van der Waals surface area contributed by atoms with Crippen molar-refractivity contribution in [3.05, 3.63) is 48.3 Å². The van der Waals surface area contributed by atoms with Crippen LogP contribution in [0.15, 0.2) is 42.7 Å². The van der Waals surface area contributed by atoms with Gasteiger partial charge in [0.05, 0.1) is 31.2 Å².